The maximum Gasteiger partial charge on any atom is 0.410 e. The minimum Gasteiger partial charge on any atom is -0.479 e. The van der Waals surface area contributed by atoms with Crippen molar-refractivity contribution < 1.29 is 51.7 Å². The summed E-state index contributed by atoms with van der Waals surface area (Å²) in [5.41, 5.74) is -1.71. The molecule has 5 atom stereocenters. The van der Waals surface area contributed by atoms with Gasteiger partial charge in [-0.15, -0.1) is 0 Å². The zero-order valence-corrected chi connectivity index (χ0v) is 26.4. The Bertz CT molecular complexity index is 1480. The average Bonchev–Trinajstić information content (AvgIpc) is 3.28. The number of carbonyl (C=O) groups excluding carboxylic acids is 4. The third kappa shape index (κ3) is 7.65. The summed E-state index contributed by atoms with van der Waals surface area (Å²) in [4.78, 5) is 68.1. The molecule has 2 fully saturated rings. The molecule has 3 N–H and O–H groups in total. The Morgan fingerprint density at radius 3 is 2.55 bits per heavy atom. The second-order valence-electron chi connectivity index (χ2n) is 13.6. The number of carbonyl (C=O) groups is 5. The number of halogens is 3. The van der Waals surface area contributed by atoms with Crippen LogP contribution in [0.2, 0.25) is 0 Å². The van der Waals surface area contributed by atoms with Crippen molar-refractivity contribution in [2.75, 3.05) is 6.54 Å². The van der Waals surface area contributed by atoms with Crippen molar-refractivity contribution in [2.24, 2.45) is 5.92 Å². The van der Waals surface area contributed by atoms with Gasteiger partial charge in [0.25, 0.3) is 0 Å². The minimum atomic E-state index is -3.23. The second kappa shape index (κ2) is 12.7. The van der Waals surface area contributed by atoms with Crippen LogP contribution >= 0.6 is 0 Å². The molecule has 4 aliphatic rings. The standard InChI is InChI=1S/C32H39F3N4O8/c1-30(2,3)47-28(44)36-23-10-12-31(34,35)11-5-4-8-19-14-32(19,27(42)43)37-25(40)24-13-20(16-39(24)26(23)41)46-29(45)38-15-18-7-6-9-22(33)21(18)17-38/h4,6-9,19-20,23-24H,5,10-17H2,1-3H3,(H,36,44)(H,37,40)(H,42,43)/t19-,20-,23+,24+,32-/m1/s1. The fraction of sp³-hybridized carbons (Fsp3) is 0.594. The Morgan fingerprint density at radius 2 is 1.87 bits per heavy atom. The maximum absolute atomic E-state index is 14.9. The number of carboxylic acid groups (broad SMARTS) is 1. The van der Waals surface area contributed by atoms with Gasteiger partial charge in [-0.1, -0.05) is 24.3 Å². The molecule has 3 aliphatic heterocycles. The van der Waals surface area contributed by atoms with Crippen molar-refractivity contribution >= 4 is 30.0 Å². The molecule has 47 heavy (non-hydrogen) atoms. The van der Waals surface area contributed by atoms with Crippen molar-refractivity contribution in [3.8, 4) is 0 Å². The third-order valence-corrected chi connectivity index (χ3v) is 8.88. The Kier molecular flexibility index (Phi) is 9.21. The van der Waals surface area contributed by atoms with Crippen LogP contribution in [0, 0.1) is 11.7 Å². The summed E-state index contributed by atoms with van der Waals surface area (Å²) in [7, 11) is 0. The van der Waals surface area contributed by atoms with Crippen LogP contribution in [0.4, 0.5) is 22.8 Å². The number of benzene rings is 1. The number of nitrogens with one attached hydrogen (secondary N) is 2. The van der Waals surface area contributed by atoms with Gasteiger partial charge in [0, 0.05) is 37.3 Å². The highest BCUT2D eigenvalue weighted by molar-refractivity contribution is 5.96. The largest absolute Gasteiger partial charge is 0.479 e. The van der Waals surface area contributed by atoms with E-state index in [1.165, 1.54) is 29.2 Å². The monoisotopic (exact) mass is 664 g/mol. The van der Waals surface area contributed by atoms with Gasteiger partial charge in [0.15, 0.2) is 0 Å². The summed E-state index contributed by atoms with van der Waals surface area (Å²) in [5.74, 6) is -7.40. The molecule has 1 aromatic carbocycles. The minimum absolute atomic E-state index is 0.0228. The lowest BCUT2D eigenvalue weighted by Crippen LogP contribution is -2.56. The van der Waals surface area contributed by atoms with Crippen molar-refractivity contribution in [3.05, 3.63) is 47.3 Å². The second-order valence-corrected chi connectivity index (χ2v) is 13.6. The summed E-state index contributed by atoms with van der Waals surface area (Å²) >= 11 is 0. The number of hydrogen-bond donors (Lipinski definition) is 3. The Hall–Kier alpha value is -4.30. The lowest BCUT2D eigenvalue weighted by molar-refractivity contribution is -0.145. The van der Waals surface area contributed by atoms with E-state index in [4.69, 9.17) is 9.47 Å². The summed E-state index contributed by atoms with van der Waals surface area (Å²) in [6.45, 7) is 4.45. The molecule has 256 valence electrons. The van der Waals surface area contributed by atoms with E-state index in [0.29, 0.717) is 11.1 Å². The van der Waals surface area contributed by atoms with Crippen molar-refractivity contribution in [1.82, 2.24) is 20.4 Å². The summed E-state index contributed by atoms with van der Waals surface area (Å²) in [6, 6.07) is 1.59. The van der Waals surface area contributed by atoms with Crippen LogP contribution < -0.4 is 10.6 Å². The highest BCUT2D eigenvalue weighted by Crippen LogP contribution is 2.45. The fourth-order valence-corrected chi connectivity index (χ4v) is 6.31. The first-order valence-corrected chi connectivity index (χ1v) is 15.6. The molecule has 4 amide bonds. The number of rotatable bonds is 3. The van der Waals surface area contributed by atoms with Crippen molar-refractivity contribution in [3.63, 3.8) is 0 Å². The van der Waals surface area contributed by atoms with Gasteiger partial charge in [0.1, 0.15) is 35.1 Å². The lowest BCUT2D eigenvalue weighted by atomic mass is 10.0. The summed E-state index contributed by atoms with van der Waals surface area (Å²) < 4.78 is 55.1. The molecule has 1 aromatic rings. The van der Waals surface area contributed by atoms with Gasteiger partial charge in [0.2, 0.25) is 17.7 Å². The Morgan fingerprint density at radius 1 is 1.13 bits per heavy atom. The van der Waals surface area contributed by atoms with E-state index in [-0.39, 0.29) is 38.9 Å². The van der Waals surface area contributed by atoms with E-state index in [2.05, 4.69) is 10.6 Å². The van der Waals surface area contributed by atoms with Gasteiger partial charge < -0.3 is 30.1 Å². The van der Waals surface area contributed by atoms with Crippen molar-refractivity contribution in [2.45, 2.75) is 108 Å². The molecule has 0 spiro atoms. The van der Waals surface area contributed by atoms with Crippen LogP contribution in [-0.4, -0.2) is 86.7 Å². The normalized spacial score (nSPS) is 29.0. The van der Waals surface area contributed by atoms with E-state index in [9.17, 15) is 42.3 Å². The zero-order chi connectivity index (χ0) is 34.3. The fourth-order valence-electron chi connectivity index (χ4n) is 6.31. The molecule has 5 rings (SSSR count). The number of hydrogen-bond acceptors (Lipinski definition) is 7. The van der Waals surface area contributed by atoms with Crippen LogP contribution in [0.15, 0.2) is 30.4 Å². The molecular weight excluding hydrogens is 625 g/mol. The quantitative estimate of drug-likeness (QED) is 0.412. The molecule has 1 saturated carbocycles. The molecule has 0 radical (unpaired) electrons. The van der Waals surface area contributed by atoms with Gasteiger partial charge in [0.05, 0.1) is 13.1 Å². The van der Waals surface area contributed by atoms with Gasteiger partial charge in [-0.2, -0.15) is 0 Å². The van der Waals surface area contributed by atoms with E-state index >= 15 is 0 Å². The zero-order valence-electron chi connectivity index (χ0n) is 26.4. The molecule has 1 saturated heterocycles. The molecule has 0 aromatic heterocycles. The number of alkyl halides is 2. The molecular formula is C32H39F3N4O8. The van der Waals surface area contributed by atoms with Crippen LogP contribution in [0.5, 0.6) is 0 Å². The maximum atomic E-state index is 14.9. The van der Waals surface area contributed by atoms with Crippen LogP contribution in [0.1, 0.15) is 70.4 Å². The predicted octanol–water partition coefficient (Wildman–Crippen LogP) is 3.87. The van der Waals surface area contributed by atoms with Crippen LogP contribution in [-0.2, 0) is 36.9 Å². The molecule has 0 unspecified atom stereocenters. The van der Waals surface area contributed by atoms with Gasteiger partial charge in [-0.3, -0.25) is 14.5 Å². The average molecular weight is 665 g/mol. The topological polar surface area (TPSA) is 155 Å². The molecule has 0 bridgehead atoms. The number of aliphatic carboxylic acids is 1. The number of nitrogens with zero attached hydrogens (tertiary/aromatic N) is 2. The molecule has 3 heterocycles. The summed E-state index contributed by atoms with van der Waals surface area (Å²) in [5, 5.41) is 14.9. The number of carboxylic acids is 1. The molecule has 15 heteroatoms. The highest BCUT2D eigenvalue weighted by Gasteiger charge is 2.61. The van der Waals surface area contributed by atoms with Crippen molar-refractivity contribution in [1.29, 1.82) is 0 Å². The van der Waals surface area contributed by atoms with E-state index in [1.54, 1.807) is 26.8 Å². The Balaban J connectivity index is 1.40. The number of fused-ring (bicyclic) bond motifs is 3. The highest BCUT2D eigenvalue weighted by atomic mass is 19.3. The summed E-state index contributed by atoms with van der Waals surface area (Å²) in [6.07, 6.45) is -2.09. The van der Waals surface area contributed by atoms with Gasteiger partial charge >= 0.3 is 18.2 Å². The predicted molar refractivity (Wildman–Crippen MR) is 158 cm³/mol. The molecule has 1 aliphatic carbocycles. The Labute approximate surface area is 269 Å². The number of alkyl carbamates (subject to hydrolysis) is 1. The molecule has 12 nitrogen and oxygen atoms in total. The number of amides is 4. The van der Waals surface area contributed by atoms with Crippen LogP contribution in [0.25, 0.3) is 0 Å². The van der Waals surface area contributed by atoms with E-state index in [0.717, 1.165) is 4.90 Å². The first-order chi connectivity index (χ1) is 22.0. The van der Waals surface area contributed by atoms with E-state index in [1.807, 2.05) is 0 Å². The van der Waals surface area contributed by atoms with E-state index < -0.39 is 96.2 Å². The van der Waals surface area contributed by atoms with Gasteiger partial charge in [-0.05, 0) is 51.7 Å². The first-order valence-electron chi connectivity index (χ1n) is 15.6. The van der Waals surface area contributed by atoms with Crippen LogP contribution in [0.3, 0.4) is 0 Å². The smallest absolute Gasteiger partial charge is 0.410 e. The lowest BCUT2D eigenvalue weighted by Gasteiger charge is -2.30. The van der Waals surface area contributed by atoms with Gasteiger partial charge in [-0.25, -0.2) is 27.6 Å². The number of ether oxygens (including phenoxy) is 2. The first kappa shape index (κ1) is 34.0. The third-order valence-electron chi connectivity index (χ3n) is 8.88. The number of allylic oxidation sites excluding steroid dienone is 1. The SMILES string of the molecule is CC(C)(C)OC(=O)N[C@H]1CCC(F)(F)CCC=C[C@@H]2C[C@@]2(C(=O)O)NC(=O)[C@@H]2C[C@@H](OC(=O)N3Cc4cccc(F)c4C3)CN2C1=O.